The van der Waals surface area contributed by atoms with Gasteiger partial charge >= 0.3 is 0 Å². The van der Waals surface area contributed by atoms with Crippen LogP contribution in [-0.4, -0.2) is 0 Å². The Morgan fingerprint density at radius 3 is 1.82 bits per heavy atom. The van der Waals surface area contributed by atoms with Crippen LogP contribution in [0.1, 0.15) is 12.3 Å². The normalized spacial score (nSPS) is 14.8. The maximum absolute atomic E-state index is 9.69. The number of ether oxygens (including phenoxy) is 1. The Labute approximate surface area is 297 Å². The Kier molecular flexibility index (Phi) is 3.97. The topological polar surface area (TPSA) is 9.23 Å². The zero-order chi connectivity index (χ0) is 39.9. The van der Waals surface area contributed by atoms with Crippen molar-refractivity contribution in [3.63, 3.8) is 0 Å². The first-order valence-corrected chi connectivity index (χ1v) is 16.2. The average Bonchev–Trinajstić information content (AvgIpc) is 3.57. The molecule has 0 spiro atoms. The minimum Gasteiger partial charge on any atom is -0.456 e. The van der Waals surface area contributed by atoms with Gasteiger partial charge in [-0.2, -0.15) is 0 Å². The summed E-state index contributed by atoms with van der Waals surface area (Å²) in [6, 6.07) is 35.6. The molecule has 0 atom stereocenters. The van der Waals surface area contributed by atoms with E-state index in [1.807, 2.05) is 30.3 Å². The van der Waals surface area contributed by atoms with E-state index in [0.29, 0.717) is 5.56 Å². The van der Waals surface area contributed by atoms with Gasteiger partial charge in [-0.05, 0) is 112 Å². The highest BCUT2D eigenvalue weighted by Crippen LogP contribution is 2.58. The summed E-state index contributed by atoms with van der Waals surface area (Å²) in [7, 11) is 0. The predicted molar refractivity (Wildman–Crippen MR) is 205 cm³/mol. The summed E-state index contributed by atoms with van der Waals surface area (Å²) in [5.74, 6) is -0.454. The van der Waals surface area contributed by atoms with Gasteiger partial charge in [-0.15, -0.1) is 0 Å². The summed E-state index contributed by atoms with van der Waals surface area (Å²) in [6.45, 7) is 0. The first-order chi connectivity index (χ1) is 28.1. The molecule has 0 aromatic heterocycles. The van der Waals surface area contributed by atoms with E-state index in [-0.39, 0.29) is 57.1 Å². The summed E-state index contributed by atoms with van der Waals surface area (Å²) in [5, 5.41) is 4.31. The maximum atomic E-state index is 9.69. The van der Waals surface area contributed by atoms with Gasteiger partial charge in [0.2, 0.25) is 0 Å². The first-order valence-electron chi connectivity index (χ1n) is 20.7. The van der Waals surface area contributed by atoms with Gasteiger partial charge in [-0.3, -0.25) is 0 Å². The number of hydrogen-bond donors (Lipinski definition) is 0. The number of benzene rings is 9. The monoisotopic (exact) mass is 629 g/mol. The molecule has 0 amide bonds. The van der Waals surface area contributed by atoms with Gasteiger partial charge in [0.1, 0.15) is 11.5 Å². The van der Waals surface area contributed by atoms with Crippen molar-refractivity contribution in [2.45, 2.75) is 0 Å². The van der Waals surface area contributed by atoms with E-state index in [0.717, 1.165) is 60.7 Å². The average molecular weight is 630 g/mol. The Morgan fingerprint density at radius 2 is 1.04 bits per heavy atom. The molecule has 0 bridgehead atoms. The highest BCUT2D eigenvalue weighted by molar-refractivity contribution is 6.27. The second kappa shape index (κ2) is 10.0. The van der Waals surface area contributed by atoms with Gasteiger partial charge in [-0.1, -0.05) is 145 Å². The molecule has 226 valence electrons. The summed E-state index contributed by atoms with van der Waals surface area (Å²) in [4.78, 5) is 0. The van der Waals surface area contributed by atoms with E-state index >= 15 is 0 Å². The van der Waals surface area contributed by atoms with E-state index in [4.69, 9.17) is 13.0 Å². The molecule has 9 aromatic carbocycles. The van der Waals surface area contributed by atoms with Crippen molar-refractivity contribution in [1.82, 2.24) is 0 Å². The van der Waals surface area contributed by atoms with Crippen LogP contribution >= 0.6 is 0 Å². The molecule has 1 heterocycles. The standard InChI is InChI=1S/C48H28O/c1-2-11-31(12-3-1)45-35-19-4-5-20-36(35)46(48-39-23-9-14-29-13-8-22-38(43(29)39)47(45)48)34-18-6-17-32(27-34)33-25-26-41-40(28-33)37-21-7-15-30-16-10-24-42(49-41)44(30)37/h1-28H/i7D,10D,15D,16D,21D,24D,25D,26D,28D. The molecule has 1 nitrogen and oxygen atoms in total. The molecule has 11 rings (SSSR count). The van der Waals surface area contributed by atoms with E-state index in [1.54, 1.807) is 6.07 Å². The van der Waals surface area contributed by atoms with Crippen LogP contribution in [0.3, 0.4) is 0 Å². The summed E-state index contributed by atoms with van der Waals surface area (Å²) < 4.78 is 86.3. The quantitative estimate of drug-likeness (QED) is 0.189. The molecule has 1 aliphatic carbocycles. The van der Waals surface area contributed by atoms with Crippen molar-refractivity contribution < 1.29 is 17.1 Å². The molecule has 49 heavy (non-hydrogen) atoms. The highest BCUT2D eigenvalue weighted by atomic mass is 16.5. The summed E-state index contributed by atoms with van der Waals surface area (Å²) in [5.41, 5.74) is 9.12. The van der Waals surface area contributed by atoms with Gasteiger partial charge < -0.3 is 4.74 Å². The zero-order valence-corrected chi connectivity index (χ0v) is 25.9. The lowest BCUT2D eigenvalue weighted by Gasteiger charge is -2.22. The Bertz CT molecular complexity index is 3340. The van der Waals surface area contributed by atoms with Crippen LogP contribution in [0.15, 0.2) is 170 Å². The summed E-state index contributed by atoms with van der Waals surface area (Å²) >= 11 is 0. The smallest absolute Gasteiger partial charge is 0.135 e. The van der Waals surface area contributed by atoms with E-state index in [9.17, 15) is 4.11 Å². The van der Waals surface area contributed by atoms with Crippen LogP contribution in [0, 0.1) is 0 Å². The third kappa shape index (κ3) is 3.76. The Balaban J connectivity index is 1.22. The third-order valence-electron chi connectivity index (χ3n) is 9.86. The molecular formula is C48H28O. The van der Waals surface area contributed by atoms with Gasteiger partial charge in [-0.25, -0.2) is 0 Å². The molecule has 0 unspecified atom stereocenters. The fourth-order valence-electron chi connectivity index (χ4n) is 7.87. The first kappa shape index (κ1) is 19.4. The lowest BCUT2D eigenvalue weighted by molar-refractivity contribution is 0.487. The molecule has 2 aliphatic rings. The molecular weight excluding hydrogens is 593 g/mol. The van der Waals surface area contributed by atoms with Crippen molar-refractivity contribution in [2.75, 3.05) is 0 Å². The van der Waals surface area contributed by atoms with Gasteiger partial charge in [0.15, 0.2) is 0 Å². The number of hydrogen-bond acceptors (Lipinski definition) is 1. The SMILES string of the molecule is [2H]c1c([2H])c(-c2cccc(-c3c4c(c(-c5ccccc5)c5ccccc35)-c3cccc5cccc-4c35)c2)c([2H])c2c1Oc1c([2H])c([2H])c([2H])c3c([2H])c([2H])c([2H])c-2c13. The van der Waals surface area contributed by atoms with Crippen LogP contribution in [0.2, 0.25) is 0 Å². The molecule has 0 radical (unpaired) electrons. The van der Waals surface area contributed by atoms with Crippen molar-refractivity contribution >= 4 is 32.3 Å². The largest absolute Gasteiger partial charge is 0.456 e. The number of rotatable bonds is 3. The molecule has 1 heteroatoms. The van der Waals surface area contributed by atoms with E-state index in [2.05, 4.69) is 78.9 Å². The van der Waals surface area contributed by atoms with Crippen molar-refractivity contribution in [3.05, 3.63) is 170 Å². The van der Waals surface area contributed by atoms with Crippen LogP contribution in [0.5, 0.6) is 11.5 Å². The van der Waals surface area contributed by atoms with E-state index < -0.39 is 36.3 Å². The minimum absolute atomic E-state index is 0.0173. The lowest BCUT2D eigenvalue weighted by atomic mass is 9.82. The van der Waals surface area contributed by atoms with Crippen molar-refractivity contribution in [3.8, 4) is 78.3 Å². The fraction of sp³-hybridized carbons (Fsp3) is 0. The van der Waals surface area contributed by atoms with Crippen molar-refractivity contribution in [1.29, 1.82) is 0 Å². The van der Waals surface area contributed by atoms with Crippen LogP contribution in [0.4, 0.5) is 0 Å². The summed E-state index contributed by atoms with van der Waals surface area (Å²) in [6.07, 6.45) is 0. The fourth-order valence-corrected chi connectivity index (χ4v) is 7.87. The van der Waals surface area contributed by atoms with Gasteiger partial charge in [0.05, 0.1) is 12.3 Å². The third-order valence-corrected chi connectivity index (χ3v) is 9.86. The van der Waals surface area contributed by atoms with Crippen molar-refractivity contribution in [2.24, 2.45) is 0 Å². The van der Waals surface area contributed by atoms with Crippen LogP contribution in [-0.2, 0) is 0 Å². The molecule has 0 saturated carbocycles. The maximum Gasteiger partial charge on any atom is 0.135 e. The molecule has 0 saturated heterocycles. The Hall–Kier alpha value is -6.44. The van der Waals surface area contributed by atoms with Crippen LogP contribution < -0.4 is 4.74 Å². The molecule has 9 aromatic rings. The van der Waals surface area contributed by atoms with Gasteiger partial charge in [0, 0.05) is 10.9 Å². The van der Waals surface area contributed by atoms with E-state index in [1.165, 1.54) is 5.39 Å². The predicted octanol–water partition coefficient (Wildman–Crippen LogP) is 13.6. The second-order valence-electron chi connectivity index (χ2n) is 12.5. The number of fused-ring (bicyclic) bond motifs is 6. The minimum atomic E-state index is -0.519. The van der Waals surface area contributed by atoms with Crippen LogP contribution in [0.25, 0.3) is 99.1 Å². The zero-order valence-electron chi connectivity index (χ0n) is 34.9. The highest BCUT2D eigenvalue weighted by Gasteiger charge is 2.30. The molecule has 0 N–H and O–H groups in total. The van der Waals surface area contributed by atoms with Gasteiger partial charge in [0.25, 0.3) is 0 Å². The second-order valence-corrected chi connectivity index (χ2v) is 12.5. The lowest BCUT2D eigenvalue weighted by Crippen LogP contribution is -1.97. The molecule has 1 aliphatic heterocycles. The Morgan fingerprint density at radius 1 is 0.388 bits per heavy atom. The molecule has 0 fully saturated rings.